The second-order valence-corrected chi connectivity index (χ2v) is 15.1. The predicted molar refractivity (Wildman–Crippen MR) is 214 cm³/mol. The first kappa shape index (κ1) is 46.6. The molecule has 0 saturated heterocycles. The van der Waals surface area contributed by atoms with Crippen molar-refractivity contribution in [3.63, 3.8) is 0 Å². The number of ether oxygens (including phenoxy) is 2. The molecule has 0 amide bonds. The molecule has 1 atom stereocenters. The maximum absolute atomic E-state index is 12.2. The molecule has 0 aliphatic carbocycles. The molecule has 0 aliphatic rings. The Balaban J connectivity index is 2.14. The van der Waals surface area contributed by atoms with Crippen molar-refractivity contribution in [3.8, 4) is 0 Å². The van der Waals surface area contributed by atoms with Crippen LogP contribution in [0.1, 0.15) is 206 Å². The maximum Gasteiger partial charge on any atom is 0.323 e. The Kier molecular flexibility index (Phi) is 34.8. The number of H-pyrrole nitrogens is 1. The third kappa shape index (κ3) is 31.3. The SMILES string of the molecule is CCCCCCCCCCCCCCCCN(CCCCCCCCCCCCCCCC)CCCOCCOC(=O)C(N)Cc1cnc[nH]1. The molecule has 0 aromatic carbocycles. The maximum atomic E-state index is 12.2. The molecule has 7 nitrogen and oxygen atoms in total. The molecule has 1 rings (SSSR count). The van der Waals surface area contributed by atoms with E-state index < -0.39 is 12.0 Å². The molecule has 294 valence electrons. The largest absolute Gasteiger partial charge is 0.462 e. The van der Waals surface area contributed by atoms with Gasteiger partial charge in [-0.05, 0) is 32.4 Å². The van der Waals surface area contributed by atoms with Gasteiger partial charge >= 0.3 is 5.97 Å². The van der Waals surface area contributed by atoms with E-state index in [2.05, 4.69) is 28.7 Å². The zero-order valence-electron chi connectivity index (χ0n) is 33.4. The van der Waals surface area contributed by atoms with Gasteiger partial charge in [0.2, 0.25) is 0 Å². The summed E-state index contributed by atoms with van der Waals surface area (Å²) in [5.41, 5.74) is 6.79. The van der Waals surface area contributed by atoms with Crippen LogP contribution >= 0.6 is 0 Å². The van der Waals surface area contributed by atoms with Crippen LogP contribution < -0.4 is 5.73 Å². The second-order valence-electron chi connectivity index (χ2n) is 15.1. The van der Waals surface area contributed by atoms with Crippen LogP contribution in [0.4, 0.5) is 0 Å². The van der Waals surface area contributed by atoms with Gasteiger partial charge in [0.15, 0.2) is 0 Å². The van der Waals surface area contributed by atoms with E-state index in [9.17, 15) is 4.79 Å². The van der Waals surface area contributed by atoms with Gasteiger partial charge < -0.3 is 25.1 Å². The van der Waals surface area contributed by atoms with Gasteiger partial charge in [0.05, 0.1) is 12.9 Å². The van der Waals surface area contributed by atoms with Crippen LogP contribution in [0, 0.1) is 0 Å². The number of nitrogens with zero attached hydrogens (tertiary/aromatic N) is 2. The fraction of sp³-hybridized carbons (Fsp3) is 0.907. The quantitative estimate of drug-likeness (QED) is 0.0522. The summed E-state index contributed by atoms with van der Waals surface area (Å²) in [6.07, 6.45) is 44.1. The van der Waals surface area contributed by atoms with Gasteiger partial charge in [-0.25, -0.2) is 4.98 Å². The van der Waals surface area contributed by atoms with E-state index in [0.717, 1.165) is 18.7 Å². The molecule has 0 saturated carbocycles. The second kappa shape index (κ2) is 37.3. The first-order valence-electron chi connectivity index (χ1n) is 21.9. The van der Waals surface area contributed by atoms with Gasteiger partial charge in [0, 0.05) is 31.5 Å². The number of hydrogen-bond donors (Lipinski definition) is 2. The van der Waals surface area contributed by atoms with Crippen LogP contribution in [-0.4, -0.2) is 66.3 Å². The molecule has 0 bridgehead atoms. The van der Waals surface area contributed by atoms with Gasteiger partial charge in [-0.3, -0.25) is 4.79 Å². The number of unbranched alkanes of at least 4 members (excludes halogenated alkanes) is 26. The van der Waals surface area contributed by atoms with Crippen molar-refractivity contribution in [3.05, 3.63) is 18.2 Å². The Hall–Kier alpha value is -1.44. The smallest absolute Gasteiger partial charge is 0.323 e. The average molecular weight is 705 g/mol. The van der Waals surface area contributed by atoms with Crippen molar-refractivity contribution >= 4 is 5.97 Å². The number of carbonyl (C=O) groups is 1. The highest BCUT2D eigenvalue weighted by Crippen LogP contribution is 2.15. The number of hydrogen-bond acceptors (Lipinski definition) is 6. The van der Waals surface area contributed by atoms with Crippen LogP contribution in [0.2, 0.25) is 0 Å². The highest BCUT2D eigenvalue weighted by molar-refractivity contribution is 5.75. The zero-order valence-corrected chi connectivity index (χ0v) is 33.4. The topological polar surface area (TPSA) is 93.5 Å². The Morgan fingerprint density at radius 2 is 1.00 bits per heavy atom. The fourth-order valence-corrected chi connectivity index (χ4v) is 6.91. The molecule has 50 heavy (non-hydrogen) atoms. The summed E-state index contributed by atoms with van der Waals surface area (Å²) in [7, 11) is 0. The van der Waals surface area contributed by atoms with Crippen molar-refractivity contribution in [2.75, 3.05) is 39.5 Å². The fourth-order valence-electron chi connectivity index (χ4n) is 6.91. The predicted octanol–water partition coefficient (Wildman–Crippen LogP) is 11.5. The number of aromatic nitrogens is 2. The Morgan fingerprint density at radius 1 is 0.600 bits per heavy atom. The van der Waals surface area contributed by atoms with Crippen LogP contribution in [-0.2, 0) is 20.7 Å². The number of nitrogens with one attached hydrogen (secondary N) is 1. The molecular weight excluding hydrogens is 620 g/mol. The lowest BCUT2D eigenvalue weighted by atomic mass is 10.0. The molecule has 0 radical (unpaired) electrons. The van der Waals surface area contributed by atoms with Crippen LogP contribution in [0.25, 0.3) is 0 Å². The Labute approximate surface area is 310 Å². The molecule has 0 spiro atoms. The minimum atomic E-state index is -0.686. The monoisotopic (exact) mass is 705 g/mol. The standard InChI is InChI=1S/C43H84N4O3/c1-3-5-7-9-11-13-15-17-19-21-23-25-27-29-32-47(33-30-28-26-24-22-20-18-16-14-12-10-8-6-4-2)34-31-35-49-36-37-50-43(48)42(44)38-41-39-45-40-46-41/h39-40,42H,3-38,44H2,1-2H3,(H,45,46). The van der Waals surface area contributed by atoms with Crippen molar-refractivity contribution in [2.24, 2.45) is 5.73 Å². The van der Waals surface area contributed by atoms with Gasteiger partial charge in [-0.1, -0.05) is 181 Å². The van der Waals surface area contributed by atoms with Gasteiger partial charge in [-0.15, -0.1) is 0 Å². The van der Waals surface area contributed by atoms with E-state index >= 15 is 0 Å². The lowest BCUT2D eigenvalue weighted by Crippen LogP contribution is -2.35. The minimum absolute atomic E-state index is 0.247. The van der Waals surface area contributed by atoms with E-state index in [1.54, 1.807) is 12.5 Å². The van der Waals surface area contributed by atoms with Gasteiger partial charge in [0.1, 0.15) is 12.6 Å². The van der Waals surface area contributed by atoms with E-state index in [1.165, 1.54) is 193 Å². The van der Waals surface area contributed by atoms with E-state index in [1.807, 2.05) is 0 Å². The minimum Gasteiger partial charge on any atom is -0.462 e. The van der Waals surface area contributed by atoms with Gasteiger partial charge in [-0.2, -0.15) is 0 Å². The molecule has 7 heteroatoms. The normalized spacial score (nSPS) is 12.2. The third-order valence-corrected chi connectivity index (χ3v) is 10.2. The van der Waals surface area contributed by atoms with Crippen molar-refractivity contribution in [1.29, 1.82) is 0 Å². The number of rotatable bonds is 40. The summed E-state index contributed by atoms with van der Waals surface area (Å²) in [4.78, 5) is 21.8. The number of aromatic amines is 1. The summed E-state index contributed by atoms with van der Waals surface area (Å²) in [5, 5.41) is 0. The molecule has 1 aromatic rings. The first-order chi connectivity index (χ1) is 24.7. The highest BCUT2D eigenvalue weighted by Gasteiger charge is 2.16. The first-order valence-corrected chi connectivity index (χ1v) is 21.9. The van der Waals surface area contributed by atoms with Crippen molar-refractivity contribution in [1.82, 2.24) is 14.9 Å². The van der Waals surface area contributed by atoms with Crippen LogP contribution in [0.5, 0.6) is 0 Å². The number of esters is 1. The summed E-state index contributed by atoms with van der Waals surface area (Å²) in [5.74, 6) is -0.393. The summed E-state index contributed by atoms with van der Waals surface area (Å²) in [6, 6.07) is -0.686. The number of nitrogens with two attached hydrogens (primary N) is 1. The van der Waals surface area contributed by atoms with Crippen molar-refractivity contribution in [2.45, 2.75) is 213 Å². The molecule has 1 heterocycles. The lowest BCUT2D eigenvalue weighted by Gasteiger charge is -2.22. The van der Waals surface area contributed by atoms with E-state index in [4.69, 9.17) is 15.2 Å². The van der Waals surface area contributed by atoms with E-state index in [-0.39, 0.29) is 6.61 Å². The number of imidazole rings is 1. The highest BCUT2D eigenvalue weighted by atomic mass is 16.6. The van der Waals surface area contributed by atoms with Crippen LogP contribution in [0.15, 0.2) is 12.5 Å². The summed E-state index contributed by atoms with van der Waals surface area (Å²) < 4.78 is 11.1. The lowest BCUT2D eigenvalue weighted by molar-refractivity contribution is -0.146. The summed E-state index contributed by atoms with van der Waals surface area (Å²) >= 11 is 0. The van der Waals surface area contributed by atoms with Crippen molar-refractivity contribution < 1.29 is 14.3 Å². The summed E-state index contributed by atoms with van der Waals surface area (Å²) in [6.45, 7) is 9.47. The molecule has 0 aliphatic heterocycles. The Morgan fingerprint density at radius 3 is 1.40 bits per heavy atom. The Bertz CT molecular complexity index is 774. The van der Waals surface area contributed by atoms with Crippen LogP contribution in [0.3, 0.4) is 0 Å². The third-order valence-electron chi connectivity index (χ3n) is 10.2. The van der Waals surface area contributed by atoms with E-state index in [0.29, 0.717) is 19.6 Å². The number of carbonyl (C=O) groups excluding carboxylic acids is 1. The molecule has 0 fully saturated rings. The van der Waals surface area contributed by atoms with Gasteiger partial charge in [0.25, 0.3) is 0 Å². The zero-order chi connectivity index (χ0) is 36.0. The molecule has 1 aromatic heterocycles. The molecule has 3 N–H and O–H groups in total. The molecular formula is C43H84N4O3. The molecule has 1 unspecified atom stereocenters. The average Bonchev–Trinajstić information content (AvgIpc) is 3.64.